The number of aromatic amines is 1. The molecule has 4 atom stereocenters. The Hall–Kier alpha value is -1.52. The van der Waals surface area contributed by atoms with Gasteiger partial charge < -0.3 is 26.0 Å². The number of aliphatic hydroxyl groups excluding tert-OH is 2. The summed E-state index contributed by atoms with van der Waals surface area (Å²) in [6, 6.07) is 0.632. The Morgan fingerprint density at radius 2 is 2.18 bits per heavy atom. The number of aliphatic hydroxyl groups is 2. The van der Waals surface area contributed by atoms with Gasteiger partial charge in [0, 0.05) is 12.3 Å². The number of ether oxygens (including phenoxy) is 1. The van der Waals surface area contributed by atoms with Gasteiger partial charge in [0.15, 0.2) is 6.23 Å². The molecule has 0 unspecified atom stereocenters. The molecule has 0 bridgehead atoms. The molecule has 1 aliphatic rings. The topological polar surface area (TPSA) is 143 Å². The predicted octanol–water partition coefficient (Wildman–Crippen LogP) is -2.52. The van der Waals surface area contributed by atoms with Crippen LogP contribution in [0, 0.1) is 0 Å². The highest BCUT2D eigenvalue weighted by Crippen LogP contribution is 2.28. The first kappa shape index (κ1) is 16.8. The summed E-state index contributed by atoms with van der Waals surface area (Å²) < 4.78 is 6.75. The Balaban J connectivity index is 2.18. The van der Waals surface area contributed by atoms with Gasteiger partial charge in [0.2, 0.25) is 0 Å². The van der Waals surface area contributed by atoms with Crippen molar-refractivity contribution in [2.45, 2.75) is 37.3 Å². The molecule has 1 aromatic rings. The first-order valence-corrected chi connectivity index (χ1v) is 7.27. The molecule has 2 heterocycles. The summed E-state index contributed by atoms with van der Waals surface area (Å²) in [4.78, 5) is 25.2. The van der Waals surface area contributed by atoms with E-state index in [1.807, 2.05) is 0 Å². The van der Waals surface area contributed by atoms with Crippen molar-refractivity contribution in [1.29, 1.82) is 0 Å². The quantitative estimate of drug-likeness (QED) is 0.350. The van der Waals surface area contributed by atoms with Gasteiger partial charge in [-0.2, -0.15) is 0 Å². The van der Waals surface area contributed by atoms with Gasteiger partial charge in [-0.05, 0) is 25.9 Å². The van der Waals surface area contributed by atoms with Gasteiger partial charge in [0.25, 0.3) is 5.56 Å². The minimum absolute atomic E-state index is 0.364. The molecule has 124 valence electrons. The average molecular weight is 314 g/mol. The number of rotatable bonds is 7. The number of hydrogen-bond acceptors (Lipinski definition) is 7. The lowest BCUT2D eigenvalue weighted by Crippen LogP contribution is -2.46. The first-order valence-electron chi connectivity index (χ1n) is 7.27. The second-order valence-corrected chi connectivity index (χ2v) is 5.23. The summed E-state index contributed by atoms with van der Waals surface area (Å²) in [5, 5.41) is 22.6. The third kappa shape index (κ3) is 3.62. The fourth-order valence-electron chi connectivity index (χ4n) is 2.52. The predicted molar refractivity (Wildman–Crippen MR) is 78.4 cm³/mol. The normalized spacial score (nSPS) is 28.1. The maximum absolute atomic E-state index is 11.9. The summed E-state index contributed by atoms with van der Waals surface area (Å²) >= 11 is 0. The van der Waals surface area contributed by atoms with Crippen LogP contribution in [0.4, 0.5) is 0 Å². The molecule has 1 aromatic heterocycles. The van der Waals surface area contributed by atoms with Gasteiger partial charge in [-0.3, -0.25) is 14.3 Å². The van der Waals surface area contributed by atoms with Crippen molar-refractivity contribution in [2.24, 2.45) is 5.73 Å². The number of nitrogens with two attached hydrogens (primary N) is 1. The Morgan fingerprint density at radius 3 is 2.82 bits per heavy atom. The number of H-pyrrole nitrogens is 1. The van der Waals surface area contributed by atoms with Gasteiger partial charge in [-0.1, -0.05) is 0 Å². The van der Waals surface area contributed by atoms with Crippen LogP contribution >= 0.6 is 0 Å². The standard InChI is InChI=1S/C13H22N4O5/c14-4-1-2-5-15-10-11(20)8(7-18)22-12(10)17-6-3-9(19)16-13(17)21/h3,6,8,10-12,15,18,20H,1-2,4-5,7,14H2,(H,16,19,21)/t8-,10-,11-,12-/m1/s1. The molecule has 0 radical (unpaired) electrons. The number of hydrogen-bond donors (Lipinski definition) is 5. The number of unbranched alkanes of at least 4 members (excludes halogenated alkanes) is 1. The molecule has 0 aliphatic carbocycles. The third-order valence-corrected chi connectivity index (χ3v) is 3.69. The van der Waals surface area contributed by atoms with E-state index in [1.165, 1.54) is 16.8 Å². The lowest BCUT2D eigenvalue weighted by Gasteiger charge is -2.23. The van der Waals surface area contributed by atoms with E-state index < -0.39 is 35.7 Å². The summed E-state index contributed by atoms with van der Waals surface area (Å²) in [7, 11) is 0. The molecule has 9 heteroatoms. The van der Waals surface area contributed by atoms with Crippen LogP contribution in [0.25, 0.3) is 0 Å². The highest BCUT2D eigenvalue weighted by atomic mass is 16.5. The van der Waals surface area contributed by atoms with Gasteiger partial charge in [0.05, 0.1) is 12.6 Å². The van der Waals surface area contributed by atoms with Gasteiger partial charge in [-0.15, -0.1) is 0 Å². The largest absolute Gasteiger partial charge is 0.394 e. The van der Waals surface area contributed by atoms with Crippen molar-refractivity contribution in [3.05, 3.63) is 33.1 Å². The Labute approximate surface area is 126 Å². The Bertz CT molecular complexity index is 586. The van der Waals surface area contributed by atoms with Crippen LogP contribution in [-0.4, -0.2) is 57.7 Å². The van der Waals surface area contributed by atoms with E-state index >= 15 is 0 Å². The minimum Gasteiger partial charge on any atom is -0.394 e. The molecule has 0 amide bonds. The summed E-state index contributed by atoms with van der Waals surface area (Å²) in [5.74, 6) is 0. The zero-order valence-electron chi connectivity index (χ0n) is 12.1. The van der Waals surface area contributed by atoms with Gasteiger partial charge in [-0.25, -0.2) is 4.79 Å². The number of nitrogens with one attached hydrogen (secondary N) is 2. The zero-order chi connectivity index (χ0) is 16.1. The van der Waals surface area contributed by atoms with Crippen molar-refractivity contribution < 1.29 is 14.9 Å². The number of aromatic nitrogens is 2. The highest BCUT2D eigenvalue weighted by molar-refractivity contribution is 4.96. The van der Waals surface area contributed by atoms with E-state index in [2.05, 4.69) is 10.3 Å². The van der Waals surface area contributed by atoms with Crippen molar-refractivity contribution in [3.63, 3.8) is 0 Å². The maximum Gasteiger partial charge on any atom is 0.330 e. The minimum atomic E-state index is -0.966. The second kappa shape index (κ2) is 7.65. The van der Waals surface area contributed by atoms with E-state index in [-0.39, 0.29) is 6.61 Å². The molecular weight excluding hydrogens is 292 g/mol. The molecule has 1 saturated heterocycles. The zero-order valence-corrected chi connectivity index (χ0v) is 12.1. The van der Waals surface area contributed by atoms with Crippen molar-refractivity contribution in [1.82, 2.24) is 14.9 Å². The third-order valence-electron chi connectivity index (χ3n) is 3.69. The lowest BCUT2D eigenvalue weighted by atomic mass is 10.1. The van der Waals surface area contributed by atoms with Crippen molar-refractivity contribution in [2.75, 3.05) is 19.7 Å². The van der Waals surface area contributed by atoms with Crippen LogP contribution in [0.15, 0.2) is 21.9 Å². The Morgan fingerprint density at radius 1 is 1.41 bits per heavy atom. The second-order valence-electron chi connectivity index (χ2n) is 5.23. The molecule has 1 aliphatic heterocycles. The van der Waals surface area contributed by atoms with E-state index in [0.717, 1.165) is 12.8 Å². The molecule has 9 nitrogen and oxygen atoms in total. The van der Waals surface area contributed by atoms with Crippen LogP contribution in [0.1, 0.15) is 19.1 Å². The molecule has 0 spiro atoms. The first-order chi connectivity index (χ1) is 10.6. The molecule has 1 fully saturated rings. The average Bonchev–Trinajstić information content (AvgIpc) is 2.80. The monoisotopic (exact) mass is 314 g/mol. The van der Waals surface area contributed by atoms with Gasteiger partial charge in [0.1, 0.15) is 12.2 Å². The fourth-order valence-corrected chi connectivity index (χ4v) is 2.52. The van der Waals surface area contributed by atoms with Crippen molar-refractivity contribution >= 4 is 0 Å². The van der Waals surface area contributed by atoms with Crippen LogP contribution in [0.3, 0.4) is 0 Å². The van der Waals surface area contributed by atoms with Crippen LogP contribution < -0.4 is 22.3 Å². The fraction of sp³-hybridized carbons (Fsp3) is 0.692. The van der Waals surface area contributed by atoms with E-state index in [9.17, 15) is 19.8 Å². The van der Waals surface area contributed by atoms with Crippen molar-refractivity contribution in [3.8, 4) is 0 Å². The SMILES string of the molecule is NCCCCN[C@@H]1[C@H](O)[C@@H](CO)O[C@H]1n1ccc(=O)[nH]c1=O. The van der Waals surface area contributed by atoms with Gasteiger partial charge >= 0.3 is 5.69 Å². The Kier molecular flexibility index (Phi) is 5.86. The molecule has 0 saturated carbocycles. The summed E-state index contributed by atoms with van der Waals surface area (Å²) in [6.45, 7) is 0.805. The summed E-state index contributed by atoms with van der Waals surface area (Å²) in [6.07, 6.45) is 0.393. The lowest BCUT2D eigenvalue weighted by molar-refractivity contribution is -0.0469. The van der Waals surface area contributed by atoms with E-state index in [1.54, 1.807) is 0 Å². The number of nitrogens with zero attached hydrogens (tertiary/aromatic N) is 1. The smallest absolute Gasteiger partial charge is 0.330 e. The van der Waals surface area contributed by atoms with Crippen LogP contribution in [-0.2, 0) is 4.74 Å². The maximum atomic E-state index is 11.9. The van der Waals surface area contributed by atoms with Crippen LogP contribution in [0.2, 0.25) is 0 Å². The highest BCUT2D eigenvalue weighted by Gasteiger charge is 2.44. The van der Waals surface area contributed by atoms with Crippen LogP contribution in [0.5, 0.6) is 0 Å². The molecular formula is C13H22N4O5. The van der Waals surface area contributed by atoms with E-state index in [4.69, 9.17) is 10.5 Å². The van der Waals surface area contributed by atoms with E-state index in [0.29, 0.717) is 13.1 Å². The molecule has 6 N–H and O–H groups in total. The molecule has 0 aromatic carbocycles. The molecule has 22 heavy (non-hydrogen) atoms. The molecule has 2 rings (SSSR count). The summed E-state index contributed by atoms with van der Waals surface area (Å²) in [5.41, 5.74) is 4.30.